The lowest BCUT2D eigenvalue weighted by Crippen LogP contribution is -2.35. The highest BCUT2D eigenvalue weighted by atomic mass is 35.5. The van der Waals surface area contributed by atoms with Crippen LogP contribution in [0.2, 0.25) is 5.02 Å². The number of nitrogens with one attached hydrogen (secondary N) is 1. The van der Waals surface area contributed by atoms with Crippen LogP contribution < -0.4 is 5.32 Å². The van der Waals surface area contributed by atoms with Crippen molar-refractivity contribution < 1.29 is 13.2 Å². The third-order valence-corrected chi connectivity index (χ3v) is 9.22. The quantitative estimate of drug-likeness (QED) is 0.677. The summed E-state index contributed by atoms with van der Waals surface area (Å²) in [4.78, 5) is 13.4. The summed E-state index contributed by atoms with van der Waals surface area (Å²) in [5.41, 5.74) is 1.06. The van der Waals surface area contributed by atoms with Gasteiger partial charge in [0, 0.05) is 23.0 Å². The second-order valence-electron chi connectivity index (χ2n) is 7.80. The van der Waals surface area contributed by atoms with Crippen LogP contribution in [0.1, 0.15) is 48.6 Å². The zero-order chi connectivity index (χ0) is 20.4. The van der Waals surface area contributed by atoms with Crippen LogP contribution in [0.3, 0.4) is 0 Å². The van der Waals surface area contributed by atoms with Crippen molar-refractivity contribution in [1.82, 2.24) is 9.62 Å². The third kappa shape index (κ3) is 5.02. The molecule has 0 spiro atoms. The molecule has 1 aromatic carbocycles. The summed E-state index contributed by atoms with van der Waals surface area (Å²) < 4.78 is 27.5. The SMILES string of the molecule is O=C(Cc1ccc(S(=O)(=O)N2CCCCC2)s1)NC(c1ccc(Cl)cc1)C1CC1. The molecule has 1 saturated carbocycles. The Hall–Kier alpha value is -1.41. The predicted molar refractivity (Wildman–Crippen MR) is 116 cm³/mol. The van der Waals surface area contributed by atoms with Gasteiger partial charge in [0.2, 0.25) is 5.91 Å². The standard InChI is InChI=1S/C21H25ClN2O3S2/c22-17-8-6-16(7-9-17)21(15-4-5-15)23-19(25)14-18-10-11-20(28-18)29(26,27)24-12-2-1-3-13-24/h6-11,15,21H,1-5,12-14H2,(H,23,25). The Balaban J connectivity index is 1.41. The van der Waals surface area contributed by atoms with E-state index in [9.17, 15) is 13.2 Å². The maximum Gasteiger partial charge on any atom is 0.252 e. The van der Waals surface area contributed by atoms with Gasteiger partial charge in [0.25, 0.3) is 10.0 Å². The Labute approximate surface area is 181 Å². The Kier molecular flexibility index (Phi) is 6.30. The summed E-state index contributed by atoms with van der Waals surface area (Å²) in [6.07, 6.45) is 5.30. The Morgan fingerprint density at radius 2 is 1.79 bits per heavy atom. The first-order valence-electron chi connectivity index (χ1n) is 10.1. The lowest BCUT2D eigenvalue weighted by atomic mass is 10.0. The molecular formula is C21H25ClN2O3S2. The maximum atomic E-state index is 12.8. The molecule has 1 N–H and O–H groups in total. The van der Waals surface area contributed by atoms with Gasteiger partial charge in [0.05, 0.1) is 12.5 Å². The second kappa shape index (κ2) is 8.76. The molecule has 1 aromatic heterocycles. The predicted octanol–water partition coefficient (Wildman–Crippen LogP) is 4.39. The summed E-state index contributed by atoms with van der Waals surface area (Å²) in [6.45, 7) is 1.17. The molecule has 4 rings (SSSR count). The number of sulfonamides is 1. The van der Waals surface area contributed by atoms with Gasteiger partial charge < -0.3 is 5.32 Å². The fourth-order valence-electron chi connectivity index (χ4n) is 3.78. The van der Waals surface area contributed by atoms with Gasteiger partial charge in [0.15, 0.2) is 0 Å². The van der Waals surface area contributed by atoms with E-state index < -0.39 is 10.0 Å². The normalized spacial score (nSPS) is 19.1. The monoisotopic (exact) mass is 452 g/mol. The number of hydrogen-bond donors (Lipinski definition) is 1. The molecule has 5 nitrogen and oxygen atoms in total. The van der Waals surface area contributed by atoms with Crippen molar-refractivity contribution in [2.24, 2.45) is 5.92 Å². The van der Waals surface area contributed by atoms with Crippen molar-refractivity contribution in [2.75, 3.05) is 13.1 Å². The first-order valence-corrected chi connectivity index (χ1v) is 12.7. The van der Waals surface area contributed by atoms with Crippen LogP contribution in [0.4, 0.5) is 0 Å². The van der Waals surface area contributed by atoms with E-state index in [1.165, 1.54) is 11.3 Å². The molecule has 1 aliphatic carbocycles. The fourth-order valence-corrected chi connectivity index (χ4v) is 6.93. The molecule has 2 heterocycles. The van der Waals surface area contributed by atoms with E-state index in [-0.39, 0.29) is 18.4 Å². The minimum atomic E-state index is -3.44. The molecule has 8 heteroatoms. The van der Waals surface area contributed by atoms with Gasteiger partial charge in [0.1, 0.15) is 4.21 Å². The maximum absolute atomic E-state index is 12.8. The summed E-state index contributed by atoms with van der Waals surface area (Å²) in [5.74, 6) is 0.374. The highest BCUT2D eigenvalue weighted by Crippen LogP contribution is 2.41. The van der Waals surface area contributed by atoms with E-state index in [4.69, 9.17) is 11.6 Å². The van der Waals surface area contributed by atoms with E-state index in [1.807, 2.05) is 24.3 Å². The minimum absolute atomic E-state index is 0.0173. The summed E-state index contributed by atoms with van der Waals surface area (Å²) in [5, 5.41) is 3.82. The molecule has 1 saturated heterocycles. The highest BCUT2D eigenvalue weighted by molar-refractivity contribution is 7.91. The van der Waals surface area contributed by atoms with Gasteiger partial charge >= 0.3 is 0 Å². The number of carbonyl (C=O) groups excluding carboxylic acids is 1. The number of piperidine rings is 1. The number of nitrogens with zero attached hydrogens (tertiary/aromatic N) is 1. The zero-order valence-corrected chi connectivity index (χ0v) is 18.5. The van der Waals surface area contributed by atoms with Gasteiger partial charge in [-0.25, -0.2) is 8.42 Å². The van der Waals surface area contributed by atoms with Crippen LogP contribution in [-0.2, 0) is 21.2 Å². The highest BCUT2D eigenvalue weighted by Gasteiger charge is 2.33. The molecule has 0 radical (unpaired) electrons. The summed E-state index contributed by atoms with van der Waals surface area (Å²) >= 11 is 7.18. The lowest BCUT2D eigenvalue weighted by molar-refractivity contribution is -0.121. The van der Waals surface area contributed by atoms with Crippen molar-refractivity contribution in [2.45, 2.75) is 48.8 Å². The molecule has 0 bridgehead atoms. The molecule has 29 heavy (non-hydrogen) atoms. The number of halogens is 1. The summed E-state index contributed by atoms with van der Waals surface area (Å²) in [7, 11) is -3.44. The van der Waals surface area contributed by atoms with Crippen molar-refractivity contribution in [3.63, 3.8) is 0 Å². The molecule has 2 aromatic rings. The molecule has 1 unspecified atom stereocenters. The van der Waals surface area contributed by atoms with Crippen LogP contribution in [0.5, 0.6) is 0 Å². The zero-order valence-electron chi connectivity index (χ0n) is 16.1. The van der Waals surface area contributed by atoms with E-state index in [0.717, 1.165) is 42.5 Å². The lowest BCUT2D eigenvalue weighted by Gasteiger charge is -2.25. The van der Waals surface area contributed by atoms with Crippen LogP contribution in [0.15, 0.2) is 40.6 Å². The van der Waals surface area contributed by atoms with Crippen molar-refractivity contribution in [1.29, 1.82) is 0 Å². The minimum Gasteiger partial charge on any atom is -0.349 e. The number of benzene rings is 1. The Morgan fingerprint density at radius 3 is 2.45 bits per heavy atom. The van der Waals surface area contributed by atoms with E-state index in [1.54, 1.807) is 16.4 Å². The second-order valence-corrected chi connectivity index (χ2v) is 11.6. The van der Waals surface area contributed by atoms with Gasteiger partial charge in [-0.05, 0) is 61.4 Å². The van der Waals surface area contributed by atoms with Crippen molar-refractivity contribution in [3.05, 3.63) is 51.9 Å². The van der Waals surface area contributed by atoms with Gasteiger partial charge in [-0.3, -0.25) is 4.79 Å². The van der Waals surface area contributed by atoms with Gasteiger partial charge in [-0.15, -0.1) is 11.3 Å². The molecule has 2 aliphatic rings. The number of amides is 1. The molecule has 1 aliphatic heterocycles. The molecule has 1 amide bonds. The summed E-state index contributed by atoms with van der Waals surface area (Å²) in [6, 6.07) is 11.0. The Morgan fingerprint density at radius 1 is 1.10 bits per heavy atom. The molecular weight excluding hydrogens is 428 g/mol. The van der Waals surface area contributed by atoms with Crippen LogP contribution >= 0.6 is 22.9 Å². The van der Waals surface area contributed by atoms with Crippen molar-refractivity contribution >= 4 is 38.9 Å². The smallest absolute Gasteiger partial charge is 0.252 e. The molecule has 1 atom stereocenters. The van der Waals surface area contributed by atoms with Crippen LogP contribution in [-0.4, -0.2) is 31.7 Å². The third-order valence-electron chi connectivity index (χ3n) is 5.52. The number of carbonyl (C=O) groups is 1. The number of hydrogen-bond acceptors (Lipinski definition) is 4. The van der Waals surface area contributed by atoms with Crippen LogP contribution in [0, 0.1) is 5.92 Å². The largest absolute Gasteiger partial charge is 0.349 e. The number of thiophene rings is 1. The average molecular weight is 453 g/mol. The van der Waals surface area contributed by atoms with Crippen molar-refractivity contribution in [3.8, 4) is 0 Å². The van der Waals surface area contributed by atoms with Gasteiger partial charge in [-0.1, -0.05) is 30.2 Å². The average Bonchev–Trinajstić information content (AvgIpc) is 3.45. The Bertz CT molecular complexity index is 962. The first-order chi connectivity index (χ1) is 13.9. The number of rotatable bonds is 7. The fraction of sp³-hybridized carbons (Fsp3) is 0.476. The van der Waals surface area contributed by atoms with Crippen LogP contribution in [0.25, 0.3) is 0 Å². The molecule has 156 valence electrons. The van der Waals surface area contributed by atoms with E-state index in [0.29, 0.717) is 28.2 Å². The van der Waals surface area contributed by atoms with Gasteiger partial charge in [-0.2, -0.15) is 4.31 Å². The first kappa shape index (κ1) is 20.8. The van der Waals surface area contributed by atoms with E-state index >= 15 is 0 Å². The van der Waals surface area contributed by atoms with E-state index in [2.05, 4.69) is 5.32 Å². The topological polar surface area (TPSA) is 66.5 Å². The molecule has 2 fully saturated rings.